The van der Waals surface area contributed by atoms with E-state index in [0.29, 0.717) is 6.54 Å². The monoisotopic (exact) mass is 177 g/mol. The first-order chi connectivity index (χ1) is 5.22. The summed E-state index contributed by atoms with van der Waals surface area (Å²) < 4.78 is 4.55. The van der Waals surface area contributed by atoms with Crippen LogP contribution in [0.5, 0.6) is 0 Å². The molecule has 4 heteroatoms. The molecule has 0 spiro atoms. The van der Waals surface area contributed by atoms with E-state index in [1.165, 1.54) is 7.11 Å². The number of carbonyl (C=O) groups excluding carboxylic acids is 1. The second-order valence-corrected chi connectivity index (χ2v) is 3.63. The van der Waals surface area contributed by atoms with Crippen molar-refractivity contribution in [2.45, 2.75) is 18.6 Å². The first-order valence-electron chi connectivity index (χ1n) is 3.62. The van der Waals surface area contributed by atoms with E-state index in [-0.39, 0.29) is 11.2 Å². The molecule has 0 aliphatic rings. The van der Waals surface area contributed by atoms with Gasteiger partial charge in [-0.1, -0.05) is 0 Å². The van der Waals surface area contributed by atoms with Crippen LogP contribution in [0, 0.1) is 0 Å². The van der Waals surface area contributed by atoms with Gasteiger partial charge in [-0.2, -0.15) is 0 Å². The Morgan fingerprint density at radius 3 is 2.82 bits per heavy atom. The van der Waals surface area contributed by atoms with Crippen LogP contribution in [-0.2, 0) is 9.53 Å². The third-order valence-corrected chi connectivity index (χ3v) is 2.47. The van der Waals surface area contributed by atoms with Crippen LogP contribution in [0.25, 0.3) is 0 Å². The summed E-state index contributed by atoms with van der Waals surface area (Å²) in [7, 11) is 1.41. The Hall–Kier alpha value is -0.220. The Labute approximate surface area is 71.7 Å². The maximum Gasteiger partial charge on any atom is 0.318 e. The lowest BCUT2D eigenvalue weighted by atomic mass is 10.5. The van der Waals surface area contributed by atoms with E-state index < -0.39 is 0 Å². The number of nitrogens with two attached hydrogens (primary N) is 1. The van der Waals surface area contributed by atoms with Gasteiger partial charge in [-0.05, 0) is 25.6 Å². The summed E-state index contributed by atoms with van der Waals surface area (Å²) in [5.74, 6) is 0.763. The van der Waals surface area contributed by atoms with Gasteiger partial charge in [0.05, 0.1) is 12.4 Å². The lowest BCUT2D eigenvalue weighted by molar-refractivity contribution is -0.139. The van der Waals surface area contributed by atoms with Gasteiger partial charge in [-0.15, -0.1) is 11.8 Å². The SMILES string of the molecule is COC(=O)C(C)SCCCN. The van der Waals surface area contributed by atoms with Crippen molar-refractivity contribution in [3.63, 3.8) is 0 Å². The summed E-state index contributed by atoms with van der Waals surface area (Å²) in [6.45, 7) is 2.52. The summed E-state index contributed by atoms with van der Waals surface area (Å²) >= 11 is 1.58. The molecule has 0 aliphatic carbocycles. The molecule has 66 valence electrons. The molecule has 0 saturated carbocycles. The second kappa shape index (κ2) is 6.49. The zero-order valence-corrected chi connectivity index (χ0v) is 7.82. The highest BCUT2D eigenvalue weighted by Gasteiger charge is 2.11. The minimum absolute atomic E-state index is 0.0634. The average molecular weight is 177 g/mol. The number of esters is 1. The molecule has 2 N–H and O–H groups in total. The highest BCUT2D eigenvalue weighted by Crippen LogP contribution is 2.11. The van der Waals surface area contributed by atoms with Crippen LogP contribution < -0.4 is 5.73 Å². The summed E-state index contributed by atoms with van der Waals surface area (Å²) in [6, 6.07) is 0. The number of rotatable bonds is 5. The zero-order chi connectivity index (χ0) is 8.69. The Morgan fingerprint density at radius 2 is 2.36 bits per heavy atom. The summed E-state index contributed by atoms with van der Waals surface area (Å²) in [4.78, 5) is 10.8. The average Bonchev–Trinajstić information content (AvgIpc) is 2.03. The first kappa shape index (κ1) is 10.8. The lowest BCUT2D eigenvalue weighted by Gasteiger charge is -2.07. The molecule has 0 rings (SSSR count). The predicted octanol–water partition coefficient (Wildman–Crippen LogP) is 0.630. The van der Waals surface area contributed by atoms with Crippen LogP contribution in [0.3, 0.4) is 0 Å². The second-order valence-electron chi connectivity index (χ2n) is 2.18. The molecule has 0 aromatic carbocycles. The molecule has 0 bridgehead atoms. The van der Waals surface area contributed by atoms with Crippen molar-refractivity contribution in [2.24, 2.45) is 5.73 Å². The van der Waals surface area contributed by atoms with E-state index >= 15 is 0 Å². The van der Waals surface area contributed by atoms with Gasteiger partial charge in [0.2, 0.25) is 0 Å². The van der Waals surface area contributed by atoms with Crippen molar-refractivity contribution in [2.75, 3.05) is 19.4 Å². The highest BCUT2D eigenvalue weighted by atomic mass is 32.2. The predicted molar refractivity (Wildman–Crippen MR) is 47.6 cm³/mol. The molecule has 1 atom stereocenters. The largest absolute Gasteiger partial charge is 0.468 e. The summed E-state index contributed by atoms with van der Waals surface area (Å²) in [6.07, 6.45) is 0.950. The van der Waals surface area contributed by atoms with Gasteiger partial charge in [0.15, 0.2) is 0 Å². The minimum Gasteiger partial charge on any atom is -0.468 e. The standard InChI is InChI=1S/C7H15NO2S/c1-6(7(9)10-2)11-5-3-4-8/h6H,3-5,8H2,1-2H3. The smallest absolute Gasteiger partial charge is 0.318 e. The van der Waals surface area contributed by atoms with Crippen LogP contribution >= 0.6 is 11.8 Å². The van der Waals surface area contributed by atoms with Crippen molar-refractivity contribution in [3.8, 4) is 0 Å². The fraction of sp³-hybridized carbons (Fsp3) is 0.857. The Morgan fingerprint density at radius 1 is 1.73 bits per heavy atom. The van der Waals surface area contributed by atoms with Gasteiger partial charge >= 0.3 is 5.97 Å². The number of ether oxygens (including phenoxy) is 1. The van der Waals surface area contributed by atoms with Crippen molar-refractivity contribution in [3.05, 3.63) is 0 Å². The molecule has 0 aromatic heterocycles. The fourth-order valence-corrected chi connectivity index (χ4v) is 1.50. The highest BCUT2D eigenvalue weighted by molar-refractivity contribution is 8.00. The zero-order valence-electron chi connectivity index (χ0n) is 7.00. The normalized spacial score (nSPS) is 12.6. The van der Waals surface area contributed by atoms with Crippen LogP contribution in [0.1, 0.15) is 13.3 Å². The number of hydrogen-bond acceptors (Lipinski definition) is 4. The maximum atomic E-state index is 10.8. The topological polar surface area (TPSA) is 52.3 Å². The number of methoxy groups -OCH3 is 1. The van der Waals surface area contributed by atoms with E-state index in [9.17, 15) is 4.79 Å². The van der Waals surface area contributed by atoms with E-state index in [2.05, 4.69) is 4.74 Å². The fourth-order valence-electron chi connectivity index (χ4n) is 0.577. The van der Waals surface area contributed by atoms with E-state index in [1.807, 2.05) is 6.92 Å². The van der Waals surface area contributed by atoms with E-state index in [1.54, 1.807) is 11.8 Å². The van der Waals surface area contributed by atoms with Gasteiger partial charge in [0.25, 0.3) is 0 Å². The molecular weight excluding hydrogens is 162 g/mol. The molecule has 0 fully saturated rings. The Bertz CT molecular complexity index is 119. The summed E-state index contributed by atoms with van der Waals surface area (Å²) in [5.41, 5.74) is 5.29. The van der Waals surface area contributed by atoms with Crippen molar-refractivity contribution < 1.29 is 9.53 Å². The number of thioether (sulfide) groups is 1. The molecule has 0 aliphatic heterocycles. The molecular formula is C7H15NO2S. The van der Waals surface area contributed by atoms with Crippen LogP contribution in [0.4, 0.5) is 0 Å². The summed E-state index contributed by atoms with van der Waals surface area (Å²) in [5, 5.41) is -0.0634. The van der Waals surface area contributed by atoms with Gasteiger partial charge < -0.3 is 10.5 Å². The molecule has 0 heterocycles. The number of hydrogen-bond donors (Lipinski definition) is 1. The maximum absolute atomic E-state index is 10.8. The third-order valence-electron chi connectivity index (χ3n) is 1.25. The van der Waals surface area contributed by atoms with Gasteiger partial charge in [-0.3, -0.25) is 4.79 Å². The molecule has 0 amide bonds. The molecule has 0 aromatic rings. The molecule has 11 heavy (non-hydrogen) atoms. The lowest BCUT2D eigenvalue weighted by Crippen LogP contribution is -2.15. The van der Waals surface area contributed by atoms with E-state index in [4.69, 9.17) is 5.73 Å². The molecule has 3 nitrogen and oxygen atoms in total. The Balaban J connectivity index is 3.36. The molecule has 1 unspecified atom stereocenters. The quantitative estimate of drug-likeness (QED) is 0.494. The van der Waals surface area contributed by atoms with Crippen LogP contribution in [0.15, 0.2) is 0 Å². The Kier molecular flexibility index (Phi) is 6.36. The molecule has 0 saturated heterocycles. The van der Waals surface area contributed by atoms with Crippen molar-refractivity contribution in [1.29, 1.82) is 0 Å². The third kappa shape index (κ3) is 5.09. The van der Waals surface area contributed by atoms with E-state index in [0.717, 1.165) is 12.2 Å². The number of carbonyl (C=O) groups is 1. The van der Waals surface area contributed by atoms with Gasteiger partial charge in [0, 0.05) is 0 Å². The van der Waals surface area contributed by atoms with Crippen LogP contribution in [-0.4, -0.2) is 30.6 Å². The molecule has 0 radical (unpaired) electrons. The minimum atomic E-state index is -0.160. The first-order valence-corrected chi connectivity index (χ1v) is 4.66. The van der Waals surface area contributed by atoms with Gasteiger partial charge in [0.1, 0.15) is 0 Å². The van der Waals surface area contributed by atoms with Crippen molar-refractivity contribution in [1.82, 2.24) is 0 Å². The van der Waals surface area contributed by atoms with Gasteiger partial charge in [-0.25, -0.2) is 0 Å². The van der Waals surface area contributed by atoms with Crippen LogP contribution in [0.2, 0.25) is 0 Å². The van der Waals surface area contributed by atoms with Crippen molar-refractivity contribution >= 4 is 17.7 Å².